The lowest BCUT2D eigenvalue weighted by atomic mass is 10.4. The molecule has 0 aromatic carbocycles. The molecule has 0 spiro atoms. The van der Waals surface area contributed by atoms with Crippen molar-refractivity contribution in [3.63, 3.8) is 0 Å². The monoisotopic (exact) mass is 311 g/mol. The van der Waals surface area contributed by atoms with Crippen molar-refractivity contribution in [2.75, 3.05) is 25.5 Å². The molecule has 1 aromatic rings. The Morgan fingerprint density at radius 3 is 2.60 bits per heavy atom. The van der Waals surface area contributed by atoms with Gasteiger partial charge in [-0.15, -0.1) is 0 Å². The smallest absolute Gasteiger partial charge is 0.369 e. The Hall–Kier alpha value is -1.35. The minimum atomic E-state index is -4.60. The molecule has 1 aromatic heterocycles. The predicted octanol–water partition coefficient (Wildman–Crippen LogP) is 2.09. The van der Waals surface area contributed by atoms with Gasteiger partial charge < -0.3 is 5.32 Å². The van der Waals surface area contributed by atoms with E-state index in [0.717, 1.165) is 13.5 Å². The molecular weight excluding hydrogens is 295 g/mol. The van der Waals surface area contributed by atoms with E-state index in [9.17, 15) is 21.6 Å². The highest BCUT2D eigenvalue weighted by Crippen LogP contribution is 2.24. The molecule has 0 aliphatic carbocycles. The van der Waals surface area contributed by atoms with Gasteiger partial charge in [-0.1, -0.05) is 6.92 Å². The predicted molar refractivity (Wildman–Crippen MR) is 68.9 cm³/mol. The molecule has 5 nitrogen and oxygen atoms in total. The van der Waals surface area contributed by atoms with Crippen LogP contribution in [-0.2, 0) is 10.0 Å². The first-order valence-electron chi connectivity index (χ1n) is 5.90. The Morgan fingerprint density at radius 2 is 2.05 bits per heavy atom. The molecule has 0 bridgehead atoms. The van der Waals surface area contributed by atoms with Crippen molar-refractivity contribution in [3.8, 4) is 0 Å². The van der Waals surface area contributed by atoms with Crippen molar-refractivity contribution in [1.82, 2.24) is 9.29 Å². The van der Waals surface area contributed by atoms with Crippen LogP contribution in [0, 0.1) is 0 Å². The van der Waals surface area contributed by atoms with E-state index in [1.165, 1.54) is 18.3 Å². The summed E-state index contributed by atoms with van der Waals surface area (Å²) in [5, 5.41) is 2.79. The molecule has 9 heteroatoms. The fraction of sp³-hybridized carbons (Fsp3) is 0.545. The molecule has 0 aliphatic heterocycles. The first-order chi connectivity index (χ1) is 9.18. The largest absolute Gasteiger partial charge is 0.402 e. The molecular formula is C11H16F3N3O2S. The third-order valence-corrected chi connectivity index (χ3v) is 4.24. The lowest BCUT2D eigenvalue weighted by molar-refractivity contribution is -0.134. The summed E-state index contributed by atoms with van der Waals surface area (Å²) in [6, 6.07) is 2.60. The van der Waals surface area contributed by atoms with Gasteiger partial charge in [0.15, 0.2) is 0 Å². The number of pyridine rings is 1. The molecule has 0 unspecified atom stereocenters. The van der Waals surface area contributed by atoms with Crippen LogP contribution in [-0.4, -0.2) is 44.0 Å². The van der Waals surface area contributed by atoms with Crippen molar-refractivity contribution >= 4 is 15.8 Å². The van der Waals surface area contributed by atoms with Crippen LogP contribution in [0.3, 0.4) is 0 Å². The Labute approximate surface area is 115 Å². The highest BCUT2D eigenvalue weighted by atomic mass is 32.2. The molecule has 0 saturated heterocycles. The summed E-state index contributed by atoms with van der Waals surface area (Å²) in [5.41, 5.74) is 0. The number of anilines is 1. The first kappa shape index (κ1) is 16.7. The van der Waals surface area contributed by atoms with E-state index in [1.807, 2.05) is 6.92 Å². The van der Waals surface area contributed by atoms with E-state index in [1.54, 1.807) is 0 Å². The van der Waals surface area contributed by atoms with Gasteiger partial charge in [-0.05, 0) is 18.6 Å². The minimum Gasteiger partial charge on any atom is -0.369 e. The van der Waals surface area contributed by atoms with Gasteiger partial charge in [0, 0.05) is 19.8 Å². The maximum atomic E-state index is 12.3. The number of aromatic nitrogens is 1. The van der Waals surface area contributed by atoms with E-state index in [-0.39, 0.29) is 15.0 Å². The van der Waals surface area contributed by atoms with Gasteiger partial charge in [-0.2, -0.15) is 17.5 Å². The Kier molecular flexibility index (Phi) is 5.35. The van der Waals surface area contributed by atoms with E-state index in [0.29, 0.717) is 6.54 Å². The van der Waals surface area contributed by atoms with Crippen LogP contribution in [0.15, 0.2) is 23.2 Å². The van der Waals surface area contributed by atoms with Gasteiger partial charge in [-0.25, -0.2) is 13.4 Å². The lowest BCUT2D eigenvalue weighted by Gasteiger charge is -2.20. The molecule has 0 radical (unpaired) electrons. The number of halogens is 3. The normalized spacial score (nSPS) is 12.7. The second-order valence-electron chi connectivity index (χ2n) is 4.15. The van der Waals surface area contributed by atoms with Crippen molar-refractivity contribution in [2.45, 2.75) is 24.4 Å². The van der Waals surface area contributed by atoms with Crippen LogP contribution < -0.4 is 5.32 Å². The standard InChI is InChI=1S/C11H16F3N3O2S/c1-3-6-15-10-9(5-4-7-16-10)20(18,19)17(2)8-11(12,13)14/h4-5,7H,3,6,8H2,1-2H3,(H,15,16). The summed E-state index contributed by atoms with van der Waals surface area (Å²) >= 11 is 0. The van der Waals surface area contributed by atoms with Crippen LogP contribution in [0.25, 0.3) is 0 Å². The van der Waals surface area contributed by atoms with Crippen LogP contribution in [0.4, 0.5) is 19.0 Å². The van der Waals surface area contributed by atoms with E-state index < -0.39 is 22.7 Å². The number of rotatable bonds is 6. The molecule has 0 fully saturated rings. The molecule has 1 rings (SSSR count). The number of nitrogens with one attached hydrogen (secondary N) is 1. The second-order valence-corrected chi connectivity index (χ2v) is 6.17. The van der Waals surface area contributed by atoms with Crippen molar-refractivity contribution < 1.29 is 21.6 Å². The molecule has 20 heavy (non-hydrogen) atoms. The summed E-state index contributed by atoms with van der Waals surface area (Å²) < 4.78 is 61.5. The fourth-order valence-corrected chi connectivity index (χ4v) is 2.75. The molecule has 114 valence electrons. The van der Waals surface area contributed by atoms with Crippen molar-refractivity contribution in [3.05, 3.63) is 18.3 Å². The molecule has 0 aliphatic rings. The first-order valence-corrected chi connectivity index (χ1v) is 7.34. The Bertz CT molecular complexity index is 546. The van der Waals surface area contributed by atoms with Crippen LogP contribution in [0.1, 0.15) is 13.3 Å². The van der Waals surface area contributed by atoms with Gasteiger partial charge in [0.25, 0.3) is 0 Å². The number of sulfonamides is 1. The second kappa shape index (κ2) is 6.40. The van der Waals surface area contributed by atoms with Gasteiger partial charge in [0.1, 0.15) is 17.3 Å². The van der Waals surface area contributed by atoms with E-state index in [2.05, 4.69) is 10.3 Å². The topological polar surface area (TPSA) is 62.3 Å². The zero-order chi connectivity index (χ0) is 15.4. The third kappa shape index (κ3) is 4.34. The number of hydrogen-bond acceptors (Lipinski definition) is 4. The molecule has 0 saturated carbocycles. The average molecular weight is 311 g/mol. The van der Waals surface area contributed by atoms with Crippen molar-refractivity contribution in [1.29, 1.82) is 0 Å². The highest BCUT2D eigenvalue weighted by molar-refractivity contribution is 7.89. The molecule has 0 amide bonds. The van der Waals surface area contributed by atoms with Gasteiger partial charge in [0.05, 0.1) is 0 Å². The zero-order valence-electron chi connectivity index (χ0n) is 11.1. The number of hydrogen-bond donors (Lipinski definition) is 1. The van der Waals surface area contributed by atoms with Gasteiger partial charge in [0.2, 0.25) is 10.0 Å². The SMILES string of the molecule is CCCNc1ncccc1S(=O)(=O)N(C)CC(F)(F)F. The number of alkyl halides is 3. The third-order valence-electron chi connectivity index (χ3n) is 2.40. The molecule has 0 atom stereocenters. The van der Waals surface area contributed by atoms with Crippen molar-refractivity contribution in [2.24, 2.45) is 0 Å². The van der Waals surface area contributed by atoms with Gasteiger partial charge >= 0.3 is 6.18 Å². The molecule has 1 N–H and O–H groups in total. The molecule has 1 heterocycles. The Morgan fingerprint density at radius 1 is 1.40 bits per heavy atom. The summed E-state index contributed by atoms with van der Waals surface area (Å²) in [6.45, 7) is 0.805. The average Bonchev–Trinajstić information content (AvgIpc) is 2.34. The number of nitrogens with zero attached hydrogens (tertiary/aromatic N) is 2. The quantitative estimate of drug-likeness (QED) is 0.874. The van der Waals surface area contributed by atoms with Crippen LogP contribution in [0.2, 0.25) is 0 Å². The maximum Gasteiger partial charge on any atom is 0.402 e. The summed E-state index contributed by atoms with van der Waals surface area (Å²) in [6.07, 6.45) is -2.49. The van der Waals surface area contributed by atoms with Gasteiger partial charge in [-0.3, -0.25) is 0 Å². The summed E-state index contributed by atoms with van der Waals surface area (Å²) in [5.74, 6) is 0.0587. The van der Waals surface area contributed by atoms with E-state index in [4.69, 9.17) is 0 Å². The zero-order valence-corrected chi connectivity index (χ0v) is 11.9. The Balaban J connectivity index is 3.09. The van der Waals surface area contributed by atoms with Crippen LogP contribution in [0.5, 0.6) is 0 Å². The van der Waals surface area contributed by atoms with E-state index >= 15 is 0 Å². The fourth-order valence-electron chi connectivity index (χ4n) is 1.48. The summed E-state index contributed by atoms with van der Waals surface area (Å²) in [4.78, 5) is 3.60. The maximum absolute atomic E-state index is 12.3. The minimum absolute atomic E-state index is 0.0587. The van der Waals surface area contributed by atoms with Crippen LogP contribution >= 0.6 is 0 Å². The lowest BCUT2D eigenvalue weighted by Crippen LogP contribution is -2.36. The highest BCUT2D eigenvalue weighted by Gasteiger charge is 2.35. The summed E-state index contributed by atoms with van der Waals surface area (Å²) in [7, 11) is -3.36.